The van der Waals surface area contributed by atoms with E-state index < -0.39 is 0 Å². The second-order valence-electron chi connectivity index (χ2n) is 0.707. The maximum absolute atomic E-state index is 2.19. The first-order chi connectivity index (χ1) is 1.41. The van der Waals surface area contributed by atoms with E-state index in [1.54, 1.807) is 0 Å². The van der Waals surface area contributed by atoms with Gasteiger partial charge in [0.2, 0.25) is 0 Å². The zero-order valence-corrected chi connectivity index (χ0v) is 7.75. The van der Waals surface area contributed by atoms with Gasteiger partial charge >= 0.3 is 18.9 Å². The molecule has 0 saturated carbocycles. The molecule has 0 aliphatic heterocycles. The summed E-state index contributed by atoms with van der Waals surface area (Å²) in [6, 6.07) is 1.39. The fourth-order valence-corrected chi connectivity index (χ4v) is 0. The van der Waals surface area contributed by atoms with Crippen LogP contribution in [-0.2, 0) is 0 Å². The molecule has 0 aromatic rings. The SMILES string of the molecule is CC[SiH3].F.F.F.F.F.[H-].[Li+]. The molecule has 0 nitrogen and oxygen atoms in total. The van der Waals surface area contributed by atoms with E-state index in [0.29, 0.717) is 0 Å². The van der Waals surface area contributed by atoms with Gasteiger partial charge in [0, 0.05) is 10.2 Å². The van der Waals surface area contributed by atoms with Crippen LogP contribution in [0.3, 0.4) is 0 Å². The van der Waals surface area contributed by atoms with Crippen molar-refractivity contribution in [2.24, 2.45) is 0 Å². The van der Waals surface area contributed by atoms with Gasteiger partial charge in [-0.25, -0.2) is 0 Å². The van der Waals surface area contributed by atoms with E-state index in [2.05, 4.69) is 6.92 Å². The minimum Gasteiger partial charge on any atom is -1.00 e. The normalized spacial score (nSPS) is 2.33. The summed E-state index contributed by atoms with van der Waals surface area (Å²) in [5, 5.41) is 0. The molecule has 0 bridgehead atoms. The summed E-state index contributed by atoms with van der Waals surface area (Å²) >= 11 is 0. The van der Waals surface area contributed by atoms with Crippen LogP contribution in [0.2, 0.25) is 6.04 Å². The van der Waals surface area contributed by atoms with Crippen LogP contribution in [0.15, 0.2) is 0 Å². The summed E-state index contributed by atoms with van der Waals surface area (Å²) in [5.74, 6) is 0. The molecule has 0 unspecified atom stereocenters. The molecule has 0 aliphatic rings. The van der Waals surface area contributed by atoms with Crippen LogP contribution in [0, 0.1) is 0 Å². The largest absolute Gasteiger partial charge is 1.00 e. The first-order valence-electron chi connectivity index (χ1n) is 1.41. The van der Waals surface area contributed by atoms with Crippen LogP contribution in [0.1, 0.15) is 8.35 Å². The second kappa shape index (κ2) is 220. The minimum atomic E-state index is 0. The zero-order chi connectivity index (χ0) is 2.71. The summed E-state index contributed by atoms with van der Waals surface area (Å²) < 4.78 is 0. The Hall–Kier alpha value is 0.464. The summed E-state index contributed by atoms with van der Waals surface area (Å²) in [5.41, 5.74) is 0. The molecular formula is C2H14F5LiSi. The maximum atomic E-state index is 2.19. The monoisotopic (exact) mass is 168 g/mol. The standard InChI is InChI=1S/C2H8Si.5FH.Li.H/c1-2-3;;;;;;;/h2H2,1,3H3;5*1H;;/q;;;;;;+1;-1. The fourth-order valence-electron chi connectivity index (χ4n) is 0. The Kier molecular flexibility index (Phi) is 2730. The Morgan fingerprint density at radius 1 is 1.00 bits per heavy atom. The van der Waals surface area contributed by atoms with Crippen molar-refractivity contribution in [1.29, 1.82) is 0 Å². The molecule has 0 N–H and O–H groups in total. The summed E-state index contributed by atoms with van der Waals surface area (Å²) in [4.78, 5) is 0. The number of rotatable bonds is 0. The molecule has 0 heterocycles. The van der Waals surface area contributed by atoms with Gasteiger partial charge in [-0.2, -0.15) is 0 Å². The van der Waals surface area contributed by atoms with Crippen molar-refractivity contribution in [1.82, 2.24) is 0 Å². The van der Waals surface area contributed by atoms with Gasteiger partial charge in [-0.1, -0.05) is 13.0 Å². The molecule has 0 rings (SSSR count). The Labute approximate surface area is 67.7 Å². The fraction of sp³-hybridized carbons (Fsp3) is 1.00. The van der Waals surface area contributed by atoms with Gasteiger partial charge < -0.3 is 1.43 Å². The van der Waals surface area contributed by atoms with E-state index in [1.165, 1.54) is 16.3 Å². The van der Waals surface area contributed by atoms with Crippen LogP contribution in [-0.4, -0.2) is 10.2 Å². The third-order valence-electron chi connectivity index (χ3n) is 0. The van der Waals surface area contributed by atoms with Crippen LogP contribution in [0.5, 0.6) is 0 Å². The molecule has 7 heteroatoms. The first-order valence-corrected chi connectivity index (χ1v) is 2.83. The van der Waals surface area contributed by atoms with Gasteiger partial charge in [-0.05, 0) is 0 Å². The second-order valence-corrected chi connectivity index (χ2v) is 2.12. The van der Waals surface area contributed by atoms with Crippen molar-refractivity contribution >= 4 is 10.2 Å². The molecule has 0 radical (unpaired) electrons. The summed E-state index contributed by atoms with van der Waals surface area (Å²) in [7, 11) is 1.37. The van der Waals surface area contributed by atoms with E-state index >= 15 is 0 Å². The Balaban J connectivity index is -0.000000000952. The Morgan fingerprint density at radius 2 is 1.00 bits per heavy atom. The summed E-state index contributed by atoms with van der Waals surface area (Å²) in [6.45, 7) is 2.19. The molecular weight excluding hydrogens is 154 g/mol. The molecule has 0 saturated heterocycles. The molecule has 0 spiro atoms. The topological polar surface area (TPSA) is 0 Å². The van der Waals surface area contributed by atoms with E-state index in [9.17, 15) is 0 Å². The molecule has 0 atom stereocenters. The van der Waals surface area contributed by atoms with Gasteiger partial charge in [0.1, 0.15) is 0 Å². The molecule has 0 amide bonds. The average Bonchev–Trinajstić information content (AvgIpc) is 0.918. The van der Waals surface area contributed by atoms with Crippen LogP contribution in [0.4, 0.5) is 23.5 Å². The Morgan fingerprint density at radius 3 is 1.00 bits per heavy atom. The van der Waals surface area contributed by atoms with E-state index in [0.717, 1.165) is 0 Å². The third kappa shape index (κ3) is 1640. The molecule has 0 fully saturated rings. The number of halogens is 5. The van der Waals surface area contributed by atoms with E-state index in [-0.39, 0.29) is 43.8 Å². The van der Waals surface area contributed by atoms with Gasteiger partial charge in [0.25, 0.3) is 0 Å². The maximum Gasteiger partial charge on any atom is 1.00 e. The van der Waals surface area contributed by atoms with Crippen molar-refractivity contribution < 1.29 is 43.8 Å². The number of hydrogen-bond donors (Lipinski definition) is 0. The zero-order valence-electron chi connectivity index (χ0n) is 6.75. The van der Waals surface area contributed by atoms with Crippen LogP contribution in [0.25, 0.3) is 0 Å². The van der Waals surface area contributed by atoms with Crippen LogP contribution < -0.4 is 18.9 Å². The molecule has 62 valence electrons. The predicted molar refractivity (Wildman–Crippen MR) is 34.0 cm³/mol. The molecule has 0 aromatic heterocycles. The van der Waals surface area contributed by atoms with Crippen molar-refractivity contribution in [2.75, 3.05) is 0 Å². The van der Waals surface area contributed by atoms with Gasteiger partial charge in [-0.3, -0.25) is 23.5 Å². The molecule has 9 heavy (non-hydrogen) atoms. The van der Waals surface area contributed by atoms with Crippen molar-refractivity contribution in [3.05, 3.63) is 0 Å². The van der Waals surface area contributed by atoms with E-state index in [1.807, 2.05) is 0 Å². The summed E-state index contributed by atoms with van der Waals surface area (Å²) in [6.07, 6.45) is 0. The average molecular weight is 168 g/mol. The quantitative estimate of drug-likeness (QED) is 0.281. The Bertz CT molecular complexity index is 19.6. The smallest absolute Gasteiger partial charge is 1.00 e. The predicted octanol–water partition coefficient (Wildman–Crippen LogP) is -2.33. The minimum absolute atomic E-state index is 0. The van der Waals surface area contributed by atoms with Gasteiger partial charge in [0.15, 0.2) is 0 Å². The van der Waals surface area contributed by atoms with Gasteiger partial charge in [-0.15, -0.1) is 0 Å². The van der Waals surface area contributed by atoms with Crippen molar-refractivity contribution in [2.45, 2.75) is 13.0 Å². The number of hydrogen-bond acceptors (Lipinski definition) is 0. The van der Waals surface area contributed by atoms with Crippen molar-refractivity contribution in [3.63, 3.8) is 0 Å². The molecule has 0 aromatic carbocycles. The van der Waals surface area contributed by atoms with Crippen LogP contribution >= 0.6 is 0 Å². The molecule has 0 aliphatic carbocycles. The van der Waals surface area contributed by atoms with Crippen molar-refractivity contribution in [3.8, 4) is 0 Å². The third-order valence-corrected chi connectivity index (χ3v) is 0. The van der Waals surface area contributed by atoms with Gasteiger partial charge in [0.05, 0.1) is 0 Å². The van der Waals surface area contributed by atoms with E-state index in [4.69, 9.17) is 0 Å². The first kappa shape index (κ1) is 112.